The summed E-state index contributed by atoms with van der Waals surface area (Å²) >= 11 is 0. The van der Waals surface area contributed by atoms with Crippen molar-refractivity contribution >= 4 is 35.6 Å². The van der Waals surface area contributed by atoms with Crippen LogP contribution in [-0.2, 0) is 0 Å². The molecule has 30 heavy (non-hydrogen) atoms. The number of hydrogen-bond donors (Lipinski definition) is 1. The Kier molecular flexibility index (Phi) is 8.59. The van der Waals surface area contributed by atoms with Gasteiger partial charge < -0.3 is 24.8 Å². The first kappa shape index (κ1) is 23.6. The Balaban J connectivity index is 0.00000320. The van der Waals surface area contributed by atoms with Gasteiger partial charge in [0.1, 0.15) is 17.4 Å². The summed E-state index contributed by atoms with van der Waals surface area (Å²) in [4.78, 5) is 23.5. The summed E-state index contributed by atoms with van der Waals surface area (Å²) in [6, 6.07) is 12.0. The molecule has 2 heterocycles. The minimum Gasteiger partial charge on any atom is -0.495 e. The number of aromatic nitrogens is 1. The van der Waals surface area contributed by atoms with E-state index in [4.69, 9.17) is 9.72 Å². The molecule has 1 aromatic carbocycles. The lowest BCUT2D eigenvalue weighted by Gasteiger charge is -2.37. The van der Waals surface area contributed by atoms with Gasteiger partial charge in [-0.25, -0.2) is 4.98 Å². The topological polar surface area (TPSA) is 60.9 Å². The van der Waals surface area contributed by atoms with Crippen LogP contribution in [0.2, 0.25) is 0 Å². The molecule has 0 unspecified atom stereocenters. The van der Waals surface area contributed by atoms with Gasteiger partial charge in [-0.15, -0.1) is 12.4 Å². The number of piperazine rings is 1. The lowest BCUT2D eigenvalue weighted by atomic mass is 10.2. The van der Waals surface area contributed by atoms with Gasteiger partial charge >= 0.3 is 0 Å². The molecule has 2 aromatic rings. The van der Waals surface area contributed by atoms with Crippen molar-refractivity contribution in [1.82, 2.24) is 9.88 Å². The zero-order valence-electron chi connectivity index (χ0n) is 18.2. The number of pyridine rings is 1. The monoisotopic (exact) mass is 433 g/mol. The van der Waals surface area contributed by atoms with Crippen LogP contribution < -0.4 is 19.9 Å². The molecular formula is C22H32ClN5O2. The molecule has 1 aromatic heterocycles. The van der Waals surface area contributed by atoms with Crippen LogP contribution in [0.15, 0.2) is 36.4 Å². The van der Waals surface area contributed by atoms with Crippen LogP contribution in [0.1, 0.15) is 23.7 Å². The maximum atomic E-state index is 12.5. The lowest BCUT2D eigenvalue weighted by Crippen LogP contribution is -2.47. The van der Waals surface area contributed by atoms with Gasteiger partial charge in [0.2, 0.25) is 0 Å². The van der Waals surface area contributed by atoms with Crippen molar-refractivity contribution in [2.45, 2.75) is 13.3 Å². The van der Waals surface area contributed by atoms with Crippen molar-refractivity contribution in [3.05, 3.63) is 42.0 Å². The van der Waals surface area contributed by atoms with Crippen LogP contribution in [-0.4, -0.2) is 69.7 Å². The second-order valence-electron chi connectivity index (χ2n) is 7.34. The van der Waals surface area contributed by atoms with Crippen molar-refractivity contribution in [2.24, 2.45) is 0 Å². The third-order valence-corrected chi connectivity index (χ3v) is 5.09. The van der Waals surface area contributed by atoms with E-state index in [1.807, 2.05) is 30.3 Å². The molecule has 7 nitrogen and oxygen atoms in total. The zero-order chi connectivity index (χ0) is 20.8. The number of benzene rings is 1. The lowest BCUT2D eigenvalue weighted by molar-refractivity contribution is 0.0828. The largest absolute Gasteiger partial charge is 0.495 e. The molecule has 1 saturated heterocycles. The van der Waals surface area contributed by atoms with E-state index in [0.29, 0.717) is 11.4 Å². The summed E-state index contributed by atoms with van der Waals surface area (Å²) < 4.78 is 5.51. The van der Waals surface area contributed by atoms with E-state index >= 15 is 0 Å². The highest BCUT2D eigenvalue weighted by atomic mass is 35.5. The zero-order valence-corrected chi connectivity index (χ0v) is 19.0. The second kappa shape index (κ2) is 10.9. The van der Waals surface area contributed by atoms with Crippen molar-refractivity contribution in [3.63, 3.8) is 0 Å². The summed E-state index contributed by atoms with van der Waals surface area (Å²) in [5, 5.41) is 3.32. The van der Waals surface area contributed by atoms with Gasteiger partial charge in [-0.1, -0.05) is 19.1 Å². The summed E-state index contributed by atoms with van der Waals surface area (Å²) in [6.45, 7) is 6.38. The van der Waals surface area contributed by atoms with Gasteiger partial charge in [0, 0.05) is 46.8 Å². The van der Waals surface area contributed by atoms with Crippen LogP contribution >= 0.6 is 12.4 Å². The SMILES string of the molecule is CCCNc1nc(N2CCN(c3ccccc3OC)CC2)ccc1C(=O)N(C)C.Cl. The average molecular weight is 434 g/mol. The Morgan fingerprint density at radius 3 is 2.40 bits per heavy atom. The average Bonchev–Trinajstić information content (AvgIpc) is 2.77. The fraction of sp³-hybridized carbons (Fsp3) is 0.455. The van der Waals surface area contributed by atoms with Gasteiger partial charge in [0.25, 0.3) is 5.91 Å². The number of nitrogens with one attached hydrogen (secondary N) is 1. The van der Waals surface area contributed by atoms with E-state index in [1.165, 1.54) is 0 Å². The van der Waals surface area contributed by atoms with Gasteiger partial charge in [-0.3, -0.25) is 4.79 Å². The minimum atomic E-state index is -0.0383. The fourth-order valence-corrected chi connectivity index (χ4v) is 3.48. The third kappa shape index (κ3) is 5.27. The number of rotatable bonds is 7. The molecule has 0 bridgehead atoms. The van der Waals surface area contributed by atoms with Crippen molar-refractivity contribution < 1.29 is 9.53 Å². The summed E-state index contributed by atoms with van der Waals surface area (Å²) in [6.07, 6.45) is 0.971. The molecule has 1 N–H and O–H groups in total. The first-order valence-corrected chi connectivity index (χ1v) is 10.1. The van der Waals surface area contributed by atoms with E-state index in [-0.39, 0.29) is 18.3 Å². The van der Waals surface area contributed by atoms with E-state index in [9.17, 15) is 4.79 Å². The van der Waals surface area contributed by atoms with E-state index in [2.05, 4.69) is 28.1 Å². The molecule has 3 rings (SSSR count). The number of ether oxygens (including phenoxy) is 1. The minimum absolute atomic E-state index is 0. The van der Waals surface area contributed by atoms with E-state index in [0.717, 1.165) is 56.4 Å². The van der Waals surface area contributed by atoms with Crippen molar-refractivity contribution in [2.75, 3.05) is 69.0 Å². The normalized spacial score (nSPS) is 13.5. The highest BCUT2D eigenvalue weighted by Gasteiger charge is 2.22. The molecule has 8 heteroatoms. The third-order valence-electron chi connectivity index (χ3n) is 5.09. The molecule has 0 aliphatic carbocycles. The molecule has 0 spiro atoms. The Labute approximate surface area is 185 Å². The number of halogens is 1. The predicted octanol–water partition coefficient (Wildman–Crippen LogP) is 3.36. The Hall–Kier alpha value is -2.67. The maximum Gasteiger partial charge on any atom is 0.257 e. The number of carbonyl (C=O) groups is 1. The smallest absolute Gasteiger partial charge is 0.257 e. The first-order chi connectivity index (χ1) is 14.0. The number of anilines is 3. The Morgan fingerprint density at radius 2 is 1.77 bits per heavy atom. The summed E-state index contributed by atoms with van der Waals surface area (Å²) in [5.74, 6) is 2.43. The van der Waals surface area contributed by atoms with Gasteiger partial charge in [0.15, 0.2) is 0 Å². The molecule has 1 aliphatic heterocycles. The summed E-state index contributed by atoms with van der Waals surface area (Å²) in [5.41, 5.74) is 1.74. The molecule has 0 radical (unpaired) electrons. The van der Waals surface area contributed by atoms with Crippen LogP contribution in [0.3, 0.4) is 0 Å². The number of nitrogens with zero attached hydrogens (tertiary/aromatic N) is 4. The fourth-order valence-electron chi connectivity index (χ4n) is 3.48. The number of para-hydroxylation sites is 2. The van der Waals surface area contributed by atoms with Gasteiger partial charge in [-0.05, 0) is 30.7 Å². The molecule has 1 amide bonds. The van der Waals surface area contributed by atoms with Gasteiger partial charge in [-0.2, -0.15) is 0 Å². The Morgan fingerprint density at radius 1 is 1.10 bits per heavy atom. The van der Waals surface area contributed by atoms with Crippen molar-refractivity contribution in [1.29, 1.82) is 0 Å². The number of methoxy groups -OCH3 is 1. The molecule has 164 valence electrons. The van der Waals surface area contributed by atoms with Crippen LogP contribution in [0.5, 0.6) is 5.75 Å². The maximum absolute atomic E-state index is 12.5. The molecule has 0 saturated carbocycles. The molecule has 1 aliphatic rings. The predicted molar refractivity (Wildman–Crippen MR) is 126 cm³/mol. The van der Waals surface area contributed by atoms with Crippen molar-refractivity contribution in [3.8, 4) is 5.75 Å². The standard InChI is InChI=1S/C22H31N5O2.ClH/c1-5-12-23-21-17(22(28)25(2)3)10-11-20(24-21)27-15-13-26(14-16-27)18-8-6-7-9-19(18)29-4;/h6-11H,5,12-16H2,1-4H3,(H,23,24);1H. The molecule has 0 atom stereocenters. The molecular weight excluding hydrogens is 402 g/mol. The van der Waals surface area contributed by atoms with Crippen LogP contribution in [0, 0.1) is 0 Å². The second-order valence-corrected chi connectivity index (χ2v) is 7.34. The van der Waals surface area contributed by atoms with E-state index in [1.54, 1.807) is 26.1 Å². The van der Waals surface area contributed by atoms with Crippen LogP contribution in [0.4, 0.5) is 17.3 Å². The quantitative estimate of drug-likeness (QED) is 0.722. The number of amides is 1. The number of carbonyl (C=O) groups excluding carboxylic acids is 1. The first-order valence-electron chi connectivity index (χ1n) is 10.1. The highest BCUT2D eigenvalue weighted by Crippen LogP contribution is 2.29. The highest BCUT2D eigenvalue weighted by molar-refractivity contribution is 5.98. The van der Waals surface area contributed by atoms with E-state index < -0.39 is 0 Å². The Bertz CT molecular complexity index is 838. The van der Waals surface area contributed by atoms with Gasteiger partial charge in [0.05, 0.1) is 18.4 Å². The number of hydrogen-bond acceptors (Lipinski definition) is 6. The summed E-state index contributed by atoms with van der Waals surface area (Å²) in [7, 11) is 5.23. The molecule has 1 fully saturated rings. The van der Waals surface area contributed by atoms with Crippen LogP contribution in [0.25, 0.3) is 0 Å².